The molecule has 1 N–H and O–H groups in total. The Kier molecular flexibility index (Phi) is 7.45. The summed E-state index contributed by atoms with van der Waals surface area (Å²) in [5.41, 5.74) is 1.33. The molecule has 0 saturated carbocycles. The van der Waals surface area contributed by atoms with Crippen LogP contribution in [-0.2, 0) is 47.2 Å². The number of β-lactam (4-membered cyclic amide) rings is 1. The quantitative estimate of drug-likeness (QED) is 0.227. The van der Waals surface area contributed by atoms with Gasteiger partial charge in [-0.05, 0) is 48.8 Å². The third kappa shape index (κ3) is 4.65. The van der Waals surface area contributed by atoms with Crippen molar-refractivity contribution in [2.75, 3.05) is 23.5 Å². The predicted molar refractivity (Wildman–Crippen MR) is 162 cm³/mol. The van der Waals surface area contributed by atoms with Crippen LogP contribution in [0.1, 0.15) is 43.4 Å². The van der Waals surface area contributed by atoms with Gasteiger partial charge in [0.25, 0.3) is 5.91 Å². The molecule has 10 nitrogen and oxygen atoms in total. The molecule has 3 amide bonds. The molecule has 2 aromatic rings. The first-order valence-corrected chi connectivity index (χ1v) is 18.0. The molecule has 0 aliphatic carbocycles. The summed E-state index contributed by atoms with van der Waals surface area (Å²) in [5.74, 6) is -1.99. The molecule has 2 saturated heterocycles. The number of nitrogens with zero attached hydrogens (tertiary/aromatic N) is 3. The second kappa shape index (κ2) is 10.8. The van der Waals surface area contributed by atoms with Gasteiger partial charge in [-0.1, -0.05) is 31.2 Å². The van der Waals surface area contributed by atoms with Crippen molar-refractivity contribution in [1.29, 1.82) is 0 Å². The number of aliphatic hydroxyl groups excluding tert-OH is 1. The first-order valence-electron chi connectivity index (χ1n) is 15.0. The average Bonchev–Trinajstić information content (AvgIpc) is 3.37. The lowest BCUT2D eigenvalue weighted by Crippen LogP contribution is -2.55. The Balaban J connectivity index is 1.35. The van der Waals surface area contributed by atoms with Gasteiger partial charge in [-0.3, -0.25) is 24.1 Å². The van der Waals surface area contributed by atoms with E-state index < -0.39 is 49.8 Å². The van der Waals surface area contributed by atoms with Gasteiger partial charge in [-0.15, -0.1) is 0 Å². The minimum absolute atomic E-state index is 0.0528. The monoisotopic (exact) mass is 623 g/mol. The van der Waals surface area contributed by atoms with Crippen molar-refractivity contribution in [3.63, 3.8) is 0 Å². The summed E-state index contributed by atoms with van der Waals surface area (Å²) in [6.07, 6.45) is -1.21. The van der Waals surface area contributed by atoms with Crippen LogP contribution in [0.3, 0.4) is 0 Å². The number of hydrogen-bond donors (Lipinski definition) is 1. The van der Waals surface area contributed by atoms with E-state index in [1.807, 2.05) is 24.3 Å². The van der Waals surface area contributed by atoms with Crippen LogP contribution in [0.2, 0.25) is 18.6 Å². The molecule has 6 atom stereocenters. The Labute approximate surface area is 256 Å². The molecular formula is C32H38FN3O7Si. The number of hydrogen-bond acceptors (Lipinski definition) is 7. The highest BCUT2D eigenvalue weighted by molar-refractivity contribution is 6.72. The van der Waals surface area contributed by atoms with E-state index in [9.17, 15) is 24.3 Å². The Morgan fingerprint density at radius 3 is 2.48 bits per heavy atom. The molecule has 44 heavy (non-hydrogen) atoms. The highest BCUT2D eigenvalue weighted by atomic mass is 28.4. The SMILES string of the molecule is CC(=O)OC1CC(=O)N1c1ccc2c(c1)[C@@]1(O[C@H](CC(=O)N3Cc4ccccc4C[C@H]3CO)[C@@H]([Si](C)(C)F)[C@@H]1C)C(=O)N2C. The largest absolute Gasteiger partial charge is 0.441 e. The molecule has 0 radical (unpaired) electrons. The third-order valence-electron chi connectivity index (χ3n) is 9.82. The Bertz CT molecular complexity index is 1550. The summed E-state index contributed by atoms with van der Waals surface area (Å²) < 4.78 is 28.2. The van der Waals surface area contributed by atoms with Gasteiger partial charge >= 0.3 is 5.97 Å². The maximum Gasteiger partial charge on any atom is 0.304 e. The highest BCUT2D eigenvalue weighted by Crippen LogP contribution is 2.60. The van der Waals surface area contributed by atoms with Crippen LogP contribution in [0.25, 0.3) is 0 Å². The van der Waals surface area contributed by atoms with Gasteiger partial charge in [0.2, 0.25) is 20.2 Å². The number of likely N-dealkylation sites (N-methyl/N-ethyl adjacent to an activating group) is 1. The molecule has 1 unspecified atom stereocenters. The molecule has 234 valence electrons. The molecule has 2 fully saturated rings. The minimum atomic E-state index is -3.53. The fraction of sp³-hybridized carbons (Fsp3) is 0.500. The van der Waals surface area contributed by atoms with Crippen molar-refractivity contribution in [3.8, 4) is 0 Å². The lowest BCUT2D eigenvalue weighted by molar-refractivity contribution is -0.154. The Morgan fingerprint density at radius 2 is 1.84 bits per heavy atom. The number of carbonyl (C=O) groups is 4. The van der Waals surface area contributed by atoms with E-state index in [0.29, 0.717) is 29.9 Å². The van der Waals surface area contributed by atoms with E-state index in [-0.39, 0.29) is 37.2 Å². The number of fused-ring (bicyclic) bond motifs is 3. The van der Waals surface area contributed by atoms with Gasteiger partial charge in [0, 0.05) is 43.2 Å². The van der Waals surface area contributed by atoms with Crippen molar-refractivity contribution in [2.24, 2.45) is 5.92 Å². The molecule has 12 heteroatoms. The number of halogens is 1. The summed E-state index contributed by atoms with van der Waals surface area (Å²) in [4.78, 5) is 56.7. The lowest BCUT2D eigenvalue weighted by Gasteiger charge is -2.39. The fourth-order valence-electron chi connectivity index (χ4n) is 7.81. The van der Waals surface area contributed by atoms with Crippen LogP contribution in [0.15, 0.2) is 42.5 Å². The van der Waals surface area contributed by atoms with E-state index in [0.717, 1.165) is 11.1 Å². The van der Waals surface area contributed by atoms with E-state index in [1.54, 1.807) is 50.2 Å². The summed E-state index contributed by atoms with van der Waals surface area (Å²) in [7, 11) is -1.90. The van der Waals surface area contributed by atoms with Crippen LogP contribution in [-0.4, -0.2) is 74.1 Å². The normalized spacial score (nSPS) is 29.5. The summed E-state index contributed by atoms with van der Waals surface area (Å²) in [6, 6.07) is 12.5. The zero-order valence-electron chi connectivity index (χ0n) is 25.6. The summed E-state index contributed by atoms with van der Waals surface area (Å²) >= 11 is 0. The van der Waals surface area contributed by atoms with E-state index in [1.165, 1.54) is 16.7 Å². The molecule has 1 spiro atoms. The number of esters is 1. The smallest absolute Gasteiger partial charge is 0.304 e. The molecule has 4 aliphatic rings. The maximum atomic E-state index is 16.2. The molecule has 4 aliphatic heterocycles. The van der Waals surface area contributed by atoms with Crippen LogP contribution in [0.4, 0.5) is 15.5 Å². The first-order chi connectivity index (χ1) is 20.8. The minimum Gasteiger partial charge on any atom is -0.441 e. The topological polar surface area (TPSA) is 117 Å². The van der Waals surface area contributed by atoms with Crippen LogP contribution < -0.4 is 9.80 Å². The number of rotatable bonds is 6. The van der Waals surface area contributed by atoms with E-state index in [4.69, 9.17) is 9.47 Å². The molecular weight excluding hydrogens is 585 g/mol. The van der Waals surface area contributed by atoms with Crippen molar-refractivity contribution < 1.29 is 37.9 Å². The highest BCUT2D eigenvalue weighted by Gasteiger charge is 2.67. The second-order valence-corrected chi connectivity index (χ2v) is 16.7. The third-order valence-corrected chi connectivity index (χ3v) is 12.3. The zero-order chi connectivity index (χ0) is 31.7. The summed E-state index contributed by atoms with van der Waals surface area (Å²) in [6.45, 7) is 6.35. The first kappa shape index (κ1) is 30.4. The average molecular weight is 624 g/mol. The van der Waals surface area contributed by atoms with Gasteiger partial charge in [-0.2, -0.15) is 0 Å². The number of anilines is 2. The van der Waals surface area contributed by atoms with Crippen LogP contribution in [0.5, 0.6) is 0 Å². The lowest BCUT2D eigenvalue weighted by atomic mass is 9.82. The summed E-state index contributed by atoms with van der Waals surface area (Å²) in [5, 5.41) is 10.2. The Hall–Kier alpha value is -3.61. The predicted octanol–water partition coefficient (Wildman–Crippen LogP) is 3.40. The van der Waals surface area contributed by atoms with Gasteiger partial charge in [0.05, 0.1) is 37.3 Å². The van der Waals surface area contributed by atoms with Gasteiger partial charge in [0.1, 0.15) is 0 Å². The molecule has 6 rings (SSSR count). The van der Waals surface area contributed by atoms with Gasteiger partial charge in [-0.25, -0.2) is 0 Å². The molecule has 0 aromatic heterocycles. The van der Waals surface area contributed by atoms with Gasteiger partial charge < -0.3 is 28.5 Å². The fourth-order valence-corrected chi connectivity index (χ4v) is 10.3. The van der Waals surface area contributed by atoms with E-state index >= 15 is 4.11 Å². The number of aliphatic hydroxyl groups is 1. The standard InChI is InChI=1S/C32H38FN3O7Si/c1-18-30(44(4,5)33)26(14-27(39)35-16-21-9-7-6-8-20(21)12-23(35)17-37)43-32(18)24-13-22(10-11-25(24)34(3)31(32)41)36-28(40)15-29(36)42-19(2)38/h6-11,13,18,23,26,29-30,37H,12,14-17H2,1-5H3/t18-,23-,26+,29?,30-,32+/m0/s1. The van der Waals surface area contributed by atoms with Crippen LogP contribution >= 0.6 is 0 Å². The zero-order valence-corrected chi connectivity index (χ0v) is 26.6. The molecule has 0 bridgehead atoms. The second-order valence-electron chi connectivity index (χ2n) is 12.9. The van der Waals surface area contributed by atoms with Gasteiger partial charge in [0.15, 0.2) is 11.8 Å². The van der Waals surface area contributed by atoms with Crippen molar-refractivity contribution in [2.45, 2.75) is 82.3 Å². The number of amides is 3. The van der Waals surface area contributed by atoms with Crippen molar-refractivity contribution in [3.05, 3.63) is 59.2 Å². The van der Waals surface area contributed by atoms with Crippen molar-refractivity contribution >= 4 is 43.5 Å². The molecule has 4 heterocycles. The Morgan fingerprint density at radius 1 is 1.14 bits per heavy atom. The number of ether oxygens (including phenoxy) is 2. The van der Waals surface area contributed by atoms with Crippen LogP contribution in [0, 0.1) is 5.92 Å². The number of benzene rings is 2. The maximum absolute atomic E-state index is 16.2. The number of carbonyl (C=O) groups excluding carboxylic acids is 4. The molecule has 2 aromatic carbocycles. The van der Waals surface area contributed by atoms with Crippen molar-refractivity contribution in [1.82, 2.24) is 4.90 Å². The van der Waals surface area contributed by atoms with E-state index in [2.05, 4.69) is 0 Å².